The SMILES string of the molecule is C/C=C/CNC(=O)COCCOCCOc1cccc(C(N)=O)c1.CC.CCCCC.CNC. The number of benzene rings is 1. The monoisotopic (exact) mass is 483 g/mol. The Labute approximate surface area is 207 Å². The number of nitrogens with two attached hydrogens (primary N) is 1. The molecule has 8 heteroatoms. The summed E-state index contributed by atoms with van der Waals surface area (Å²) in [5.74, 6) is -0.0988. The first-order valence-corrected chi connectivity index (χ1v) is 12.1. The lowest BCUT2D eigenvalue weighted by Gasteiger charge is -2.08. The highest BCUT2D eigenvalue weighted by atomic mass is 16.5. The van der Waals surface area contributed by atoms with Crippen LogP contribution in [-0.4, -0.2) is 65.5 Å². The minimum absolute atomic E-state index is 0.0112. The van der Waals surface area contributed by atoms with Gasteiger partial charge < -0.3 is 30.6 Å². The fraction of sp³-hybridized carbons (Fsp3) is 0.615. The van der Waals surface area contributed by atoms with E-state index in [4.69, 9.17) is 19.9 Å². The fourth-order valence-corrected chi connectivity index (χ4v) is 2.04. The minimum atomic E-state index is -0.497. The van der Waals surface area contributed by atoms with E-state index in [-0.39, 0.29) is 12.5 Å². The van der Waals surface area contributed by atoms with E-state index in [0.717, 1.165) is 0 Å². The van der Waals surface area contributed by atoms with Gasteiger partial charge in [-0.05, 0) is 39.2 Å². The smallest absolute Gasteiger partial charge is 0.248 e. The normalized spacial score (nSPS) is 9.50. The van der Waals surface area contributed by atoms with Gasteiger partial charge >= 0.3 is 0 Å². The van der Waals surface area contributed by atoms with Gasteiger partial charge in [-0.1, -0.05) is 65.2 Å². The summed E-state index contributed by atoms with van der Waals surface area (Å²) in [6.45, 7) is 12.2. The minimum Gasteiger partial charge on any atom is -0.491 e. The summed E-state index contributed by atoms with van der Waals surface area (Å²) in [4.78, 5) is 22.4. The van der Waals surface area contributed by atoms with E-state index in [1.807, 2.05) is 47.0 Å². The van der Waals surface area contributed by atoms with Gasteiger partial charge in [0, 0.05) is 12.1 Å². The summed E-state index contributed by atoms with van der Waals surface area (Å²) in [6.07, 6.45) is 7.79. The van der Waals surface area contributed by atoms with Gasteiger partial charge in [-0.3, -0.25) is 9.59 Å². The van der Waals surface area contributed by atoms with Gasteiger partial charge in [0.15, 0.2) is 0 Å². The van der Waals surface area contributed by atoms with Crippen molar-refractivity contribution in [1.82, 2.24) is 10.6 Å². The Kier molecular flexibility index (Phi) is 32.5. The number of carbonyl (C=O) groups excluding carboxylic acids is 2. The molecule has 8 nitrogen and oxygen atoms in total. The number of hydrogen-bond donors (Lipinski definition) is 3. The molecule has 0 heterocycles. The van der Waals surface area contributed by atoms with Gasteiger partial charge in [0.2, 0.25) is 11.8 Å². The maximum atomic E-state index is 11.3. The number of nitrogens with one attached hydrogen (secondary N) is 2. The van der Waals surface area contributed by atoms with E-state index in [1.54, 1.807) is 24.3 Å². The number of hydrogen-bond acceptors (Lipinski definition) is 6. The molecule has 0 spiro atoms. The average molecular weight is 484 g/mol. The number of amides is 2. The molecular formula is C26H49N3O5. The molecule has 0 radical (unpaired) electrons. The zero-order chi connectivity index (χ0) is 26.5. The van der Waals surface area contributed by atoms with E-state index in [1.165, 1.54) is 19.3 Å². The standard InChI is InChI=1S/C17H24N2O5.C5H12.C2H7N.C2H6/c1-2-3-7-19-16(20)13-23-9-8-22-10-11-24-15-6-4-5-14(12-15)17(18)21;1-3-5-4-2;1-3-2;1-2/h2-6,12H,7-11,13H2,1H3,(H2,18,21)(H,19,20);3-5H2,1-2H3;3H,1-2H3;1-2H3/b3-2+;;;. The molecule has 1 rings (SSSR count). The molecule has 0 unspecified atom stereocenters. The summed E-state index contributed by atoms with van der Waals surface area (Å²) in [5.41, 5.74) is 5.59. The highest BCUT2D eigenvalue weighted by Gasteiger charge is 2.02. The summed E-state index contributed by atoms with van der Waals surface area (Å²) in [6, 6.07) is 6.64. The van der Waals surface area contributed by atoms with Gasteiger partial charge in [-0.2, -0.15) is 0 Å². The van der Waals surface area contributed by atoms with Crippen molar-refractivity contribution in [2.75, 3.05) is 53.7 Å². The molecule has 2 amide bonds. The maximum absolute atomic E-state index is 11.3. The van der Waals surface area contributed by atoms with Crippen molar-refractivity contribution in [1.29, 1.82) is 0 Å². The number of carbonyl (C=O) groups is 2. The van der Waals surface area contributed by atoms with Crippen molar-refractivity contribution in [3.8, 4) is 5.75 Å². The fourth-order valence-electron chi connectivity index (χ4n) is 2.04. The Bertz CT molecular complexity index is 608. The molecule has 0 aromatic heterocycles. The zero-order valence-corrected chi connectivity index (χ0v) is 22.4. The van der Waals surface area contributed by atoms with Crippen LogP contribution in [0, 0.1) is 0 Å². The molecule has 0 aliphatic rings. The zero-order valence-electron chi connectivity index (χ0n) is 22.4. The second-order valence-corrected chi connectivity index (χ2v) is 6.63. The Balaban J connectivity index is -0.000000816. The van der Waals surface area contributed by atoms with Crippen LogP contribution in [0.3, 0.4) is 0 Å². The van der Waals surface area contributed by atoms with E-state index in [0.29, 0.717) is 44.3 Å². The van der Waals surface area contributed by atoms with E-state index < -0.39 is 5.91 Å². The Morgan fingerprint density at radius 3 is 2.12 bits per heavy atom. The van der Waals surface area contributed by atoms with Crippen LogP contribution in [0.1, 0.15) is 64.2 Å². The number of unbranched alkanes of at least 4 members (excludes halogenated alkanes) is 2. The van der Waals surface area contributed by atoms with Crippen LogP contribution in [0.2, 0.25) is 0 Å². The molecule has 198 valence electrons. The van der Waals surface area contributed by atoms with Crippen LogP contribution in [0.5, 0.6) is 5.75 Å². The first kappa shape index (κ1) is 36.2. The summed E-state index contributed by atoms with van der Waals surface area (Å²) in [7, 11) is 3.75. The van der Waals surface area contributed by atoms with E-state index in [2.05, 4.69) is 24.5 Å². The van der Waals surface area contributed by atoms with Gasteiger partial charge in [-0.25, -0.2) is 0 Å². The summed E-state index contributed by atoms with van der Waals surface area (Å²) >= 11 is 0. The number of primary amides is 1. The summed E-state index contributed by atoms with van der Waals surface area (Å²) < 4.78 is 16.0. The van der Waals surface area contributed by atoms with Crippen molar-refractivity contribution in [3.05, 3.63) is 42.0 Å². The predicted octanol–water partition coefficient (Wildman–Crippen LogP) is 3.95. The third kappa shape index (κ3) is 27.6. The van der Waals surface area contributed by atoms with Gasteiger partial charge in [0.25, 0.3) is 0 Å². The van der Waals surface area contributed by atoms with Crippen LogP contribution in [-0.2, 0) is 14.3 Å². The Morgan fingerprint density at radius 1 is 1.00 bits per heavy atom. The number of rotatable bonds is 14. The first-order valence-electron chi connectivity index (χ1n) is 12.1. The molecule has 0 saturated carbocycles. The highest BCUT2D eigenvalue weighted by molar-refractivity contribution is 5.93. The lowest BCUT2D eigenvalue weighted by molar-refractivity contribution is -0.126. The maximum Gasteiger partial charge on any atom is 0.248 e. The van der Waals surface area contributed by atoms with E-state index in [9.17, 15) is 9.59 Å². The lowest BCUT2D eigenvalue weighted by Crippen LogP contribution is -2.28. The lowest BCUT2D eigenvalue weighted by atomic mass is 10.2. The van der Waals surface area contributed by atoms with E-state index >= 15 is 0 Å². The topological polar surface area (TPSA) is 112 Å². The highest BCUT2D eigenvalue weighted by Crippen LogP contribution is 2.12. The van der Waals surface area contributed by atoms with Crippen LogP contribution < -0.4 is 21.1 Å². The Hall–Kier alpha value is -2.42. The van der Waals surface area contributed by atoms with Crippen molar-refractivity contribution in [2.24, 2.45) is 5.73 Å². The van der Waals surface area contributed by atoms with Crippen LogP contribution in [0.4, 0.5) is 0 Å². The molecule has 1 aromatic rings. The molecule has 0 aliphatic heterocycles. The van der Waals surface area contributed by atoms with Gasteiger partial charge in [0.1, 0.15) is 19.0 Å². The summed E-state index contributed by atoms with van der Waals surface area (Å²) in [5, 5.41) is 5.43. The largest absolute Gasteiger partial charge is 0.491 e. The van der Waals surface area contributed by atoms with Crippen molar-refractivity contribution < 1.29 is 23.8 Å². The molecule has 1 aromatic carbocycles. The molecule has 0 saturated heterocycles. The molecule has 0 bridgehead atoms. The average Bonchev–Trinajstić information content (AvgIpc) is 2.84. The quantitative estimate of drug-likeness (QED) is 0.273. The predicted molar refractivity (Wildman–Crippen MR) is 141 cm³/mol. The third-order valence-corrected chi connectivity index (χ3v) is 3.58. The first-order chi connectivity index (χ1) is 16.5. The molecule has 4 N–H and O–H groups in total. The second kappa shape index (κ2) is 30.6. The molecular weight excluding hydrogens is 434 g/mol. The molecule has 0 aliphatic carbocycles. The van der Waals surface area contributed by atoms with Gasteiger partial charge in [0.05, 0.1) is 19.8 Å². The molecule has 0 atom stereocenters. The number of allylic oxidation sites excluding steroid dienone is 1. The van der Waals surface area contributed by atoms with Crippen LogP contribution in [0.15, 0.2) is 36.4 Å². The molecule has 0 fully saturated rings. The van der Waals surface area contributed by atoms with Crippen LogP contribution >= 0.6 is 0 Å². The Morgan fingerprint density at radius 2 is 1.59 bits per heavy atom. The van der Waals surface area contributed by atoms with Crippen molar-refractivity contribution in [2.45, 2.75) is 53.9 Å². The van der Waals surface area contributed by atoms with Crippen molar-refractivity contribution >= 4 is 11.8 Å². The van der Waals surface area contributed by atoms with Crippen molar-refractivity contribution in [3.63, 3.8) is 0 Å². The molecule has 34 heavy (non-hydrogen) atoms. The second-order valence-electron chi connectivity index (χ2n) is 6.63. The van der Waals surface area contributed by atoms with Gasteiger partial charge in [-0.15, -0.1) is 0 Å². The number of ether oxygens (including phenoxy) is 3. The van der Waals surface area contributed by atoms with Crippen LogP contribution in [0.25, 0.3) is 0 Å². The third-order valence-electron chi connectivity index (χ3n) is 3.58.